The first-order valence-corrected chi connectivity index (χ1v) is 8.49. The standard InChI is InChI=1S/C20H21FN2O2/c1-15-9-12-22(13-10-15)20(25)18(23-11-3-2-4-19(23)24)14-16-5-7-17(21)8-6-16/h2-8,11,14-15H,9-10,12-13H2,1H3. The van der Waals surface area contributed by atoms with E-state index in [4.69, 9.17) is 0 Å². The Hall–Kier alpha value is -2.69. The third-order valence-electron chi connectivity index (χ3n) is 4.55. The molecule has 0 spiro atoms. The molecule has 0 unspecified atom stereocenters. The monoisotopic (exact) mass is 340 g/mol. The summed E-state index contributed by atoms with van der Waals surface area (Å²) in [5.74, 6) is 0.0875. The van der Waals surface area contributed by atoms with Crippen molar-refractivity contribution in [2.75, 3.05) is 13.1 Å². The fraction of sp³-hybridized carbons (Fsp3) is 0.300. The molecule has 0 bridgehead atoms. The van der Waals surface area contributed by atoms with Crippen LogP contribution in [0.1, 0.15) is 25.3 Å². The molecule has 0 atom stereocenters. The van der Waals surface area contributed by atoms with Gasteiger partial charge in [-0.05, 0) is 48.6 Å². The van der Waals surface area contributed by atoms with Crippen molar-refractivity contribution in [3.8, 4) is 0 Å². The van der Waals surface area contributed by atoms with Gasteiger partial charge in [-0.25, -0.2) is 4.39 Å². The van der Waals surface area contributed by atoms with Crippen molar-refractivity contribution < 1.29 is 9.18 Å². The zero-order valence-electron chi connectivity index (χ0n) is 14.2. The van der Waals surface area contributed by atoms with Gasteiger partial charge in [-0.1, -0.05) is 25.1 Å². The number of hydrogen-bond acceptors (Lipinski definition) is 2. The van der Waals surface area contributed by atoms with Gasteiger partial charge in [-0.15, -0.1) is 0 Å². The summed E-state index contributed by atoms with van der Waals surface area (Å²) < 4.78 is 14.5. The van der Waals surface area contributed by atoms with Crippen LogP contribution >= 0.6 is 0 Å². The van der Waals surface area contributed by atoms with E-state index in [9.17, 15) is 14.0 Å². The molecule has 2 heterocycles. The van der Waals surface area contributed by atoms with Crippen molar-refractivity contribution in [3.63, 3.8) is 0 Å². The van der Waals surface area contributed by atoms with E-state index in [-0.39, 0.29) is 23.0 Å². The average Bonchev–Trinajstić information content (AvgIpc) is 2.62. The molecule has 1 aliphatic rings. The summed E-state index contributed by atoms with van der Waals surface area (Å²) in [6, 6.07) is 10.6. The molecule has 1 aliphatic heterocycles. The Labute approximate surface area is 146 Å². The zero-order valence-corrected chi connectivity index (χ0v) is 14.2. The third kappa shape index (κ3) is 4.05. The average molecular weight is 340 g/mol. The van der Waals surface area contributed by atoms with E-state index in [1.54, 1.807) is 41.4 Å². The molecule has 1 amide bonds. The largest absolute Gasteiger partial charge is 0.337 e. The minimum Gasteiger partial charge on any atom is -0.337 e. The molecule has 1 fully saturated rings. The van der Waals surface area contributed by atoms with Gasteiger partial charge in [0.2, 0.25) is 0 Å². The number of likely N-dealkylation sites (tertiary alicyclic amines) is 1. The maximum atomic E-state index is 13.1. The number of aromatic nitrogens is 1. The summed E-state index contributed by atoms with van der Waals surface area (Å²) in [5.41, 5.74) is 0.687. The molecule has 0 N–H and O–H groups in total. The van der Waals surface area contributed by atoms with E-state index in [1.165, 1.54) is 22.8 Å². The molecule has 5 heteroatoms. The molecule has 4 nitrogen and oxygen atoms in total. The van der Waals surface area contributed by atoms with Gasteiger partial charge in [0.1, 0.15) is 11.5 Å². The van der Waals surface area contributed by atoms with Crippen LogP contribution < -0.4 is 5.56 Å². The molecule has 3 rings (SSSR count). The normalized spacial score (nSPS) is 16.1. The van der Waals surface area contributed by atoms with Crippen LogP contribution in [-0.4, -0.2) is 28.5 Å². The summed E-state index contributed by atoms with van der Waals surface area (Å²) in [6.07, 6.45) is 5.14. The van der Waals surface area contributed by atoms with E-state index in [0.717, 1.165) is 12.8 Å². The highest BCUT2D eigenvalue weighted by molar-refractivity contribution is 6.18. The van der Waals surface area contributed by atoms with Crippen LogP contribution in [0.4, 0.5) is 4.39 Å². The molecule has 0 saturated carbocycles. The van der Waals surface area contributed by atoms with Gasteiger partial charge >= 0.3 is 0 Å². The van der Waals surface area contributed by atoms with E-state index < -0.39 is 0 Å². The molecule has 1 aromatic carbocycles. The SMILES string of the molecule is CC1CCN(C(=O)C(=Cc2ccc(F)cc2)n2ccccc2=O)CC1. The van der Waals surface area contributed by atoms with E-state index in [2.05, 4.69) is 6.92 Å². The summed E-state index contributed by atoms with van der Waals surface area (Å²) in [6.45, 7) is 3.55. The van der Waals surface area contributed by atoms with Gasteiger partial charge < -0.3 is 4.90 Å². The number of halogens is 1. The molecule has 0 radical (unpaired) electrons. The number of hydrogen-bond donors (Lipinski definition) is 0. The maximum Gasteiger partial charge on any atom is 0.270 e. The molecule has 2 aromatic rings. The lowest BCUT2D eigenvalue weighted by Gasteiger charge is -2.31. The van der Waals surface area contributed by atoms with Crippen molar-refractivity contribution in [1.82, 2.24) is 9.47 Å². The van der Waals surface area contributed by atoms with Crippen molar-refractivity contribution >= 4 is 17.7 Å². The van der Waals surface area contributed by atoms with Crippen LogP contribution in [0.5, 0.6) is 0 Å². The first-order chi connectivity index (χ1) is 12.0. The predicted octanol–water partition coefficient (Wildman–Crippen LogP) is 3.24. The fourth-order valence-electron chi connectivity index (χ4n) is 2.95. The summed E-state index contributed by atoms with van der Waals surface area (Å²) in [5, 5.41) is 0. The predicted molar refractivity (Wildman–Crippen MR) is 96.2 cm³/mol. The molecule has 130 valence electrons. The first kappa shape index (κ1) is 17.1. The highest BCUT2D eigenvalue weighted by Gasteiger charge is 2.24. The number of carbonyl (C=O) groups is 1. The Balaban J connectivity index is 2.00. The number of rotatable bonds is 3. The summed E-state index contributed by atoms with van der Waals surface area (Å²) >= 11 is 0. The second kappa shape index (κ2) is 7.47. The quantitative estimate of drug-likeness (QED) is 0.805. The summed E-state index contributed by atoms with van der Waals surface area (Å²) in [4.78, 5) is 27.1. The molecule has 1 saturated heterocycles. The number of piperidine rings is 1. The lowest BCUT2D eigenvalue weighted by Crippen LogP contribution is -2.40. The highest BCUT2D eigenvalue weighted by atomic mass is 19.1. The molecular formula is C20H21FN2O2. The Kier molecular flexibility index (Phi) is 5.12. The van der Waals surface area contributed by atoms with Crippen LogP contribution in [-0.2, 0) is 4.79 Å². The molecule has 25 heavy (non-hydrogen) atoms. The van der Waals surface area contributed by atoms with Gasteiger partial charge in [0.05, 0.1) is 0 Å². The second-order valence-electron chi connectivity index (χ2n) is 6.46. The molecule has 0 aliphatic carbocycles. The molecule has 1 aromatic heterocycles. The number of nitrogens with zero attached hydrogens (tertiary/aromatic N) is 2. The second-order valence-corrected chi connectivity index (χ2v) is 6.46. The minimum atomic E-state index is -0.341. The van der Waals surface area contributed by atoms with Gasteiger partial charge in [0.15, 0.2) is 0 Å². The lowest BCUT2D eigenvalue weighted by atomic mass is 9.99. The van der Waals surface area contributed by atoms with Crippen LogP contribution in [0.2, 0.25) is 0 Å². The minimum absolute atomic E-state index is 0.176. The zero-order chi connectivity index (χ0) is 17.8. The number of benzene rings is 1. The van der Waals surface area contributed by atoms with Gasteiger partial charge in [0.25, 0.3) is 11.5 Å². The van der Waals surface area contributed by atoms with E-state index in [0.29, 0.717) is 24.6 Å². The number of carbonyl (C=O) groups excluding carboxylic acids is 1. The van der Waals surface area contributed by atoms with E-state index >= 15 is 0 Å². The Morgan fingerprint density at radius 2 is 1.80 bits per heavy atom. The van der Waals surface area contributed by atoms with E-state index in [1.807, 2.05) is 0 Å². The fourth-order valence-corrected chi connectivity index (χ4v) is 2.95. The van der Waals surface area contributed by atoms with Crippen LogP contribution in [0.25, 0.3) is 11.8 Å². The Bertz CT molecular complexity index is 831. The van der Waals surface area contributed by atoms with Crippen LogP contribution in [0.3, 0.4) is 0 Å². The first-order valence-electron chi connectivity index (χ1n) is 8.49. The highest BCUT2D eigenvalue weighted by Crippen LogP contribution is 2.20. The third-order valence-corrected chi connectivity index (χ3v) is 4.55. The topological polar surface area (TPSA) is 42.3 Å². The Morgan fingerprint density at radius 3 is 2.44 bits per heavy atom. The molecular weight excluding hydrogens is 319 g/mol. The van der Waals surface area contributed by atoms with Crippen molar-refractivity contribution in [2.45, 2.75) is 19.8 Å². The summed E-state index contributed by atoms with van der Waals surface area (Å²) in [7, 11) is 0. The van der Waals surface area contributed by atoms with Gasteiger partial charge in [-0.3, -0.25) is 14.2 Å². The number of pyridine rings is 1. The Morgan fingerprint density at radius 1 is 1.12 bits per heavy atom. The smallest absolute Gasteiger partial charge is 0.270 e. The van der Waals surface area contributed by atoms with Gasteiger partial charge in [0, 0.05) is 25.4 Å². The van der Waals surface area contributed by atoms with Crippen molar-refractivity contribution in [2.24, 2.45) is 5.92 Å². The maximum absolute atomic E-state index is 13.1. The number of amides is 1. The van der Waals surface area contributed by atoms with Gasteiger partial charge in [-0.2, -0.15) is 0 Å². The van der Waals surface area contributed by atoms with Crippen LogP contribution in [0.15, 0.2) is 53.5 Å². The van der Waals surface area contributed by atoms with Crippen LogP contribution in [0, 0.1) is 11.7 Å². The lowest BCUT2D eigenvalue weighted by molar-refractivity contribution is -0.126. The van der Waals surface area contributed by atoms with Crippen molar-refractivity contribution in [1.29, 1.82) is 0 Å². The van der Waals surface area contributed by atoms with Crippen molar-refractivity contribution in [3.05, 3.63) is 70.4 Å².